The normalized spacial score (nSPS) is 11.9. The molecule has 0 aromatic heterocycles. The lowest BCUT2D eigenvalue weighted by Crippen LogP contribution is -2.38. The molecule has 0 spiro atoms. The lowest BCUT2D eigenvalue weighted by atomic mass is 10.2. The van der Waals surface area contributed by atoms with Gasteiger partial charge in [0.25, 0.3) is 0 Å². The second kappa shape index (κ2) is 5.99. The van der Waals surface area contributed by atoms with Crippen LogP contribution in [0.1, 0.15) is 5.56 Å². The van der Waals surface area contributed by atoms with Crippen LogP contribution >= 0.6 is 0 Å². The van der Waals surface area contributed by atoms with Crippen molar-refractivity contribution in [3.63, 3.8) is 0 Å². The lowest BCUT2D eigenvalue weighted by molar-refractivity contribution is -0.125. The fourth-order valence-electron chi connectivity index (χ4n) is 1.29. The summed E-state index contributed by atoms with van der Waals surface area (Å²) in [6.45, 7) is -1.51. The molecule has 0 aliphatic heterocycles. The summed E-state index contributed by atoms with van der Waals surface area (Å²) in [6, 6.07) is 4.20. The van der Waals surface area contributed by atoms with Crippen LogP contribution < -0.4 is 10.1 Å². The van der Waals surface area contributed by atoms with E-state index in [1.807, 2.05) is 0 Å². The predicted molar refractivity (Wildman–Crippen MR) is 55.6 cm³/mol. The molecule has 1 N–H and O–H groups in total. The minimum Gasteiger partial charge on any atom is -0.494 e. The molecule has 1 rings (SSSR count). The van der Waals surface area contributed by atoms with E-state index in [1.54, 1.807) is 0 Å². The smallest absolute Gasteiger partial charge is 0.319 e. The van der Waals surface area contributed by atoms with Gasteiger partial charge in [-0.1, -0.05) is 12.1 Å². The SMILES string of the molecule is COc1cccc(CNCC(F)(F)C(F)F)c1F. The second-order valence-electron chi connectivity index (χ2n) is 3.60. The van der Waals surface area contributed by atoms with Crippen molar-refractivity contribution in [3.8, 4) is 5.75 Å². The van der Waals surface area contributed by atoms with Gasteiger partial charge in [0.05, 0.1) is 13.7 Å². The third-order valence-electron chi connectivity index (χ3n) is 2.26. The van der Waals surface area contributed by atoms with E-state index in [9.17, 15) is 22.0 Å². The zero-order valence-corrected chi connectivity index (χ0v) is 9.52. The van der Waals surface area contributed by atoms with Gasteiger partial charge in [0.2, 0.25) is 0 Å². The number of hydrogen-bond donors (Lipinski definition) is 1. The molecule has 0 aliphatic rings. The number of alkyl halides is 4. The molecule has 0 aliphatic carbocycles. The van der Waals surface area contributed by atoms with Crippen LogP contribution in [0.3, 0.4) is 0 Å². The highest BCUT2D eigenvalue weighted by Crippen LogP contribution is 2.23. The zero-order valence-electron chi connectivity index (χ0n) is 9.52. The number of ether oxygens (including phenoxy) is 1. The monoisotopic (exact) mass is 269 g/mol. The molecule has 0 bridgehead atoms. The van der Waals surface area contributed by atoms with E-state index in [1.165, 1.54) is 25.3 Å². The van der Waals surface area contributed by atoms with Gasteiger partial charge < -0.3 is 10.1 Å². The van der Waals surface area contributed by atoms with Gasteiger partial charge in [-0.3, -0.25) is 0 Å². The van der Waals surface area contributed by atoms with E-state index in [-0.39, 0.29) is 17.9 Å². The predicted octanol–water partition coefficient (Wildman–Crippen LogP) is 2.82. The first-order valence-electron chi connectivity index (χ1n) is 5.06. The van der Waals surface area contributed by atoms with Gasteiger partial charge >= 0.3 is 12.3 Å². The summed E-state index contributed by atoms with van der Waals surface area (Å²) in [5, 5.41) is 2.09. The Balaban J connectivity index is 2.60. The summed E-state index contributed by atoms with van der Waals surface area (Å²) in [6.07, 6.45) is -3.75. The molecule has 0 amide bonds. The minimum atomic E-state index is -4.13. The quantitative estimate of drug-likeness (QED) is 0.802. The summed E-state index contributed by atoms with van der Waals surface area (Å²) in [5.74, 6) is -4.86. The highest BCUT2D eigenvalue weighted by molar-refractivity contribution is 5.30. The fraction of sp³-hybridized carbons (Fsp3) is 0.455. The summed E-state index contributed by atoms with van der Waals surface area (Å²) in [4.78, 5) is 0. The highest BCUT2D eigenvalue weighted by atomic mass is 19.3. The molecule has 0 saturated carbocycles. The molecule has 102 valence electrons. The standard InChI is InChI=1S/C11H12F5NO/c1-18-8-4-2-3-7(9(8)12)5-17-6-11(15,16)10(13)14/h2-4,10,17H,5-6H2,1H3. The fourth-order valence-corrected chi connectivity index (χ4v) is 1.29. The van der Waals surface area contributed by atoms with Gasteiger partial charge in [-0.05, 0) is 6.07 Å². The van der Waals surface area contributed by atoms with Crippen molar-refractivity contribution < 1.29 is 26.7 Å². The molecule has 7 heteroatoms. The summed E-state index contributed by atoms with van der Waals surface area (Å²) >= 11 is 0. The Morgan fingerprint density at radius 2 is 2.00 bits per heavy atom. The number of rotatable bonds is 6. The first kappa shape index (κ1) is 14.7. The van der Waals surface area contributed by atoms with Gasteiger partial charge in [-0.2, -0.15) is 8.78 Å². The van der Waals surface area contributed by atoms with E-state index >= 15 is 0 Å². The molecule has 0 radical (unpaired) electrons. The van der Waals surface area contributed by atoms with Gasteiger partial charge in [-0.25, -0.2) is 13.2 Å². The highest BCUT2D eigenvalue weighted by Gasteiger charge is 2.40. The number of benzene rings is 1. The number of halogens is 5. The Hall–Kier alpha value is -1.37. The molecular formula is C11H12F5NO. The molecule has 0 saturated heterocycles. The Bertz CT molecular complexity index is 397. The van der Waals surface area contributed by atoms with Crippen LogP contribution in [0.5, 0.6) is 5.75 Å². The van der Waals surface area contributed by atoms with Crippen molar-refractivity contribution in [2.45, 2.75) is 18.9 Å². The van der Waals surface area contributed by atoms with E-state index in [0.717, 1.165) is 0 Å². The topological polar surface area (TPSA) is 21.3 Å². The molecule has 0 unspecified atom stereocenters. The van der Waals surface area contributed by atoms with Crippen LogP contribution in [-0.2, 0) is 6.54 Å². The zero-order chi connectivity index (χ0) is 13.8. The molecule has 18 heavy (non-hydrogen) atoms. The van der Waals surface area contributed by atoms with Gasteiger partial charge in [-0.15, -0.1) is 0 Å². The molecule has 1 aromatic carbocycles. The summed E-state index contributed by atoms with van der Waals surface area (Å²) < 4.78 is 67.1. The summed E-state index contributed by atoms with van der Waals surface area (Å²) in [5.41, 5.74) is 0.0689. The van der Waals surface area contributed by atoms with E-state index in [4.69, 9.17) is 4.74 Å². The van der Waals surface area contributed by atoms with Crippen LogP contribution in [0.2, 0.25) is 0 Å². The van der Waals surface area contributed by atoms with Gasteiger partial charge in [0, 0.05) is 12.1 Å². The molecular weight excluding hydrogens is 257 g/mol. The first-order valence-corrected chi connectivity index (χ1v) is 5.06. The van der Waals surface area contributed by atoms with E-state index in [2.05, 4.69) is 5.32 Å². The maximum absolute atomic E-state index is 13.6. The maximum Gasteiger partial charge on any atom is 0.319 e. The number of nitrogens with one attached hydrogen (secondary N) is 1. The maximum atomic E-state index is 13.6. The van der Waals surface area contributed by atoms with Crippen molar-refractivity contribution in [2.24, 2.45) is 0 Å². The van der Waals surface area contributed by atoms with Crippen LogP contribution in [0.15, 0.2) is 18.2 Å². The second-order valence-corrected chi connectivity index (χ2v) is 3.60. The van der Waals surface area contributed by atoms with Crippen LogP contribution in [0, 0.1) is 5.82 Å². The van der Waals surface area contributed by atoms with Crippen molar-refractivity contribution in [2.75, 3.05) is 13.7 Å². The molecule has 0 fully saturated rings. The Morgan fingerprint density at radius 3 is 2.56 bits per heavy atom. The van der Waals surface area contributed by atoms with Gasteiger partial charge in [0.15, 0.2) is 11.6 Å². The van der Waals surface area contributed by atoms with Crippen molar-refractivity contribution >= 4 is 0 Å². The largest absolute Gasteiger partial charge is 0.494 e. The Labute approximate surface area is 101 Å². The summed E-state index contributed by atoms with van der Waals surface area (Å²) in [7, 11) is 1.26. The average Bonchev–Trinajstić information content (AvgIpc) is 2.31. The van der Waals surface area contributed by atoms with Crippen molar-refractivity contribution in [3.05, 3.63) is 29.6 Å². The van der Waals surface area contributed by atoms with Crippen LogP contribution in [-0.4, -0.2) is 26.0 Å². The Morgan fingerprint density at radius 1 is 1.33 bits per heavy atom. The number of methoxy groups -OCH3 is 1. The minimum absolute atomic E-state index is 0.0325. The van der Waals surface area contributed by atoms with Crippen LogP contribution in [0.25, 0.3) is 0 Å². The van der Waals surface area contributed by atoms with E-state index in [0.29, 0.717) is 0 Å². The third kappa shape index (κ3) is 3.56. The third-order valence-corrected chi connectivity index (χ3v) is 2.26. The molecule has 0 atom stereocenters. The van der Waals surface area contributed by atoms with Crippen LogP contribution in [0.4, 0.5) is 22.0 Å². The lowest BCUT2D eigenvalue weighted by Gasteiger charge is -2.16. The van der Waals surface area contributed by atoms with E-state index < -0.39 is 24.7 Å². The van der Waals surface area contributed by atoms with Crippen molar-refractivity contribution in [1.82, 2.24) is 5.32 Å². The van der Waals surface area contributed by atoms with Crippen molar-refractivity contribution in [1.29, 1.82) is 0 Å². The molecule has 1 aromatic rings. The molecule has 2 nitrogen and oxygen atoms in total. The average molecular weight is 269 g/mol. The molecule has 0 heterocycles. The Kier molecular flexibility index (Phi) is 4.89. The first-order chi connectivity index (χ1) is 8.38. The van der Waals surface area contributed by atoms with Gasteiger partial charge in [0.1, 0.15) is 0 Å². The number of hydrogen-bond acceptors (Lipinski definition) is 2.